The van der Waals surface area contributed by atoms with Gasteiger partial charge in [0, 0.05) is 55.7 Å². The zero-order chi connectivity index (χ0) is 51.0. The largest absolute Gasteiger partial charge is 0.310 e. The van der Waals surface area contributed by atoms with Crippen LogP contribution in [0.4, 0.5) is 51.2 Å². The zero-order valence-electron chi connectivity index (χ0n) is 43.0. The molecule has 3 nitrogen and oxygen atoms in total. The number of halogens is 1. The van der Waals surface area contributed by atoms with E-state index in [0.717, 1.165) is 55.7 Å². The SMILES string of the molecule is CC(C)(C)c1cc(Br)cc(N(c2ccccc2)c2cccc(N(c3ccccc3)c3cc(N(c4ccccc4)c4ccc(-c5c6ccccc6c(-c6ccccc6)c6ccccc56)cc4)cc(C(C)(C)C)c3)c2)c1. The first-order chi connectivity index (χ1) is 35.9. The molecular formula is C70H60BrN3. The van der Waals surface area contributed by atoms with Crippen LogP contribution < -0.4 is 14.7 Å². The van der Waals surface area contributed by atoms with Gasteiger partial charge in [0.1, 0.15) is 0 Å². The molecule has 0 saturated carbocycles. The van der Waals surface area contributed by atoms with Crippen molar-refractivity contribution in [1.29, 1.82) is 0 Å². The predicted octanol–water partition coefficient (Wildman–Crippen LogP) is 21.1. The summed E-state index contributed by atoms with van der Waals surface area (Å²) < 4.78 is 1.05. The number of benzene rings is 11. The van der Waals surface area contributed by atoms with Gasteiger partial charge >= 0.3 is 0 Å². The Kier molecular flexibility index (Phi) is 13.0. The third-order valence-corrected chi connectivity index (χ3v) is 14.5. The van der Waals surface area contributed by atoms with Gasteiger partial charge in [-0.2, -0.15) is 0 Å². The highest BCUT2D eigenvalue weighted by Crippen LogP contribution is 2.48. The van der Waals surface area contributed by atoms with E-state index in [1.54, 1.807) is 0 Å². The molecule has 0 radical (unpaired) electrons. The molecule has 74 heavy (non-hydrogen) atoms. The number of fused-ring (bicyclic) bond motifs is 2. The van der Waals surface area contributed by atoms with Crippen molar-refractivity contribution in [1.82, 2.24) is 0 Å². The van der Waals surface area contributed by atoms with Crippen LogP contribution in [0, 0.1) is 0 Å². The first kappa shape index (κ1) is 48.1. The van der Waals surface area contributed by atoms with Crippen molar-refractivity contribution in [3.8, 4) is 22.3 Å². The molecule has 0 saturated heterocycles. The topological polar surface area (TPSA) is 9.72 Å². The summed E-state index contributed by atoms with van der Waals surface area (Å²) in [6.07, 6.45) is 0. The highest BCUT2D eigenvalue weighted by molar-refractivity contribution is 9.10. The van der Waals surface area contributed by atoms with Crippen LogP contribution in [-0.2, 0) is 10.8 Å². The minimum Gasteiger partial charge on any atom is -0.310 e. The van der Waals surface area contributed by atoms with Gasteiger partial charge in [0.2, 0.25) is 0 Å². The van der Waals surface area contributed by atoms with Crippen molar-refractivity contribution in [2.24, 2.45) is 0 Å². The van der Waals surface area contributed by atoms with E-state index in [1.807, 2.05) is 0 Å². The number of para-hydroxylation sites is 3. The maximum atomic E-state index is 3.89. The van der Waals surface area contributed by atoms with Crippen LogP contribution in [0.5, 0.6) is 0 Å². The lowest BCUT2D eigenvalue weighted by atomic mass is 9.85. The van der Waals surface area contributed by atoms with Crippen LogP contribution in [-0.4, -0.2) is 0 Å². The van der Waals surface area contributed by atoms with Crippen molar-refractivity contribution in [2.75, 3.05) is 14.7 Å². The van der Waals surface area contributed by atoms with Crippen LogP contribution in [0.3, 0.4) is 0 Å². The van der Waals surface area contributed by atoms with Crippen LogP contribution >= 0.6 is 15.9 Å². The van der Waals surface area contributed by atoms with Gasteiger partial charge in [-0.1, -0.05) is 209 Å². The zero-order valence-corrected chi connectivity index (χ0v) is 44.6. The van der Waals surface area contributed by atoms with Gasteiger partial charge in [-0.15, -0.1) is 0 Å². The molecule has 0 unspecified atom stereocenters. The molecule has 0 aliphatic heterocycles. The van der Waals surface area contributed by atoms with Gasteiger partial charge in [-0.3, -0.25) is 0 Å². The molecule has 0 bridgehead atoms. The Bertz CT molecular complexity index is 3690. The Labute approximate surface area is 445 Å². The average Bonchev–Trinajstić information content (AvgIpc) is 3.41. The highest BCUT2D eigenvalue weighted by atomic mass is 79.9. The van der Waals surface area contributed by atoms with Crippen molar-refractivity contribution in [3.05, 3.63) is 270 Å². The van der Waals surface area contributed by atoms with Gasteiger partial charge in [-0.25, -0.2) is 0 Å². The Morgan fingerprint density at radius 1 is 0.257 bits per heavy atom. The molecule has 11 rings (SSSR count). The van der Waals surface area contributed by atoms with Gasteiger partial charge in [-0.05, 0) is 169 Å². The monoisotopic (exact) mass is 1020 g/mol. The maximum absolute atomic E-state index is 3.89. The molecular weight excluding hydrogens is 963 g/mol. The van der Waals surface area contributed by atoms with Gasteiger partial charge in [0.15, 0.2) is 0 Å². The summed E-state index contributed by atoms with van der Waals surface area (Å²) in [6, 6.07) is 92.9. The lowest BCUT2D eigenvalue weighted by Gasteiger charge is -2.33. The summed E-state index contributed by atoms with van der Waals surface area (Å²) in [6.45, 7) is 13.7. The van der Waals surface area contributed by atoms with Crippen molar-refractivity contribution < 1.29 is 0 Å². The molecule has 0 spiro atoms. The number of nitrogens with zero attached hydrogens (tertiary/aromatic N) is 3. The van der Waals surface area contributed by atoms with E-state index >= 15 is 0 Å². The van der Waals surface area contributed by atoms with Gasteiger partial charge in [0.05, 0.1) is 0 Å². The van der Waals surface area contributed by atoms with Gasteiger partial charge < -0.3 is 14.7 Å². The number of rotatable bonds is 11. The van der Waals surface area contributed by atoms with Crippen molar-refractivity contribution >= 4 is 88.7 Å². The summed E-state index contributed by atoms with van der Waals surface area (Å²) in [4.78, 5) is 7.19. The summed E-state index contributed by atoms with van der Waals surface area (Å²) in [5, 5.41) is 4.98. The predicted molar refractivity (Wildman–Crippen MR) is 321 cm³/mol. The standard InChI is InChI=1S/C70H60BrN3/c1-69(2,3)51-42-53(71)46-60(43-51)73(55-28-15-9-16-29-55)58-32-23-33-59(47-58)74(56-30-17-10-18-31-56)62-45-52(70(4,5)6)44-61(48-62)72(54-26-13-8-14-27-54)57-40-38-50(39-41-57)68-65-36-21-19-34-63(65)67(49-24-11-7-12-25-49)64-35-20-22-37-66(64)68/h7-48H,1-6H3. The number of hydrogen-bond donors (Lipinski definition) is 0. The molecule has 362 valence electrons. The third-order valence-electron chi connectivity index (χ3n) is 14.1. The molecule has 0 fully saturated rings. The van der Waals surface area contributed by atoms with E-state index in [0.29, 0.717) is 0 Å². The normalized spacial score (nSPS) is 11.7. The smallest absolute Gasteiger partial charge is 0.0485 e. The number of anilines is 9. The second-order valence-corrected chi connectivity index (χ2v) is 22.1. The van der Waals surface area contributed by atoms with E-state index in [4.69, 9.17) is 0 Å². The van der Waals surface area contributed by atoms with Crippen molar-refractivity contribution in [3.63, 3.8) is 0 Å². The molecule has 4 heteroatoms. The molecule has 0 atom stereocenters. The Balaban J connectivity index is 1.07. The molecule has 11 aromatic rings. The van der Waals surface area contributed by atoms with E-state index in [-0.39, 0.29) is 10.8 Å². The van der Waals surface area contributed by atoms with E-state index in [9.17, 15) is 0 Å². The fourth-order valence-corrected chi connectivity index (χ4v) is 10.9. The minimum atomic E-state index is -0.176. The van der Waals surface area contributed by atoms with E-state index < -0.39 is 0 Å². The third kappa shape index (κ3) is 9.62. The lowest BCUT2D eigenvalue weighted by Crippen LogP contribution is -2.18. The Hall–Kier alpha value is -8.18. The second kappa shape index (κ2) is 20.0. The fourth-order valence-electron chi connectivity index (χ4n) is 10.4. The van der Waals surface area contributed by atoms with E-state index in [2.05, 4.69) is 327 Å². The second-order valence-electron chi connectivity index (χ2n) is 21.2. The first-order valence-electron chi connectivity index (χ1n) is 25.6. The molecule has 0 N–H and O–H groups in total. The Morgan fingerprint density at radius 3 is 0.959 bits per heavy atom. The van der Waals surface area contributed by atoms with E-state index in [1.165, 1.54) is 54.9 Å². The molecule has 0 amide bonds. The molecule has 0 heterocycles. The van der Waals surface area contributed by atoms with Gasteiger partial charge in [0.25, 0.3) is 0 Å². The number of hydrogen-bond acceptors (Lipinski definition) is 3. The Morgan fingerprint density at radius 2 is 0.554 bits per heavy atom. The summed E-state index contributed by atoms with van der Waals surface area (Å²) in [5.41, 5.74) is 16.8. The summed E-state index contributed by atoms with van der Waals surface area (Å²) in [7, 11) is 0. The molecule has 0 aliphatic rings. The maximum Gasteiger partial charge on any atom is 0.0485 e. The van der Waals surface area contributed by atoms with Crippen LogP contribution in [0.15, 0.2) is 259 Å². The lowest BCUT2D eigenvalue weighted by molar-refractivity contribution is 0.590. The summed E-state index contributed by atoms with van der Waals surface area (Å²) >= 11 is 3.89. The average molecular weight is 1020 g/mol. The minimum absolute atomic E-state index is 0.0445. The van der Waals surface area contributed by atoms with Crippen molar-refractivity contribution in [2.45, 2.75) is 52.4 Å². The fraction of sp³-hybridized carbons (Fsp3) is 0.114. The van der Waals surface area contributed by atoms with Crippen LogP contribution in [0.25, 0.3) is 43.8 Å². The summed E-state index contributed by atoms with van der Waals surface area (Å²) in [5.74, 6) is 0. The molecule has 0 aromatic heterocycles. The molecule has 11 aromatic carbocycles. The molecule has 0 aliphatic carbocycles. The highest BCUT2D eigenvalue weighted by Gasteiger charge is 2.25. The first-order valence-corrected chi connectivity index (χ1v) is 26.4. The van der Waals surface area contributed by atoms with Crippen LogP contribution in [0.2, 0.25) is 0 Å². The quantitative estimate of drug-likeness (QED) is 0.120. The van der Waals surface area contributed by atoms with Crippen LogP contribution in [0.1, 0.15) is 52.7 Å².